The van der Waals surface area contributed by atoms with E-state index >= 15 is 0 Å². The summed E-state index contributed by atoms with van der Waals surface area (Å²) in [5.74, 6) is 1.44. The molecule has 1 aromatic heterocycles. The summed E-state index contributed by atoms with van der Waals surface area (Å²) in [6, 6.07) is 5.43. The van der Waals surface area contributed by atoms with Gasteiger partial charge in [-0.05, 0) is 31.0 Å². The van der Waals surface area contributed by atoms with Gasteiger partial charge in [-0.25, -0.2) is 9.67 Å². The summed E-state index contributed by atoms with van der Waals surface area (Å²) < 4.78 is 12.1. The number of carbonyl (C=O) groups is 1. The first-order chi connectivity index (χ1) is 10.2. The van der Waals surface area contributed by atoms with E-state index in [9.17, 15) is 4.79 Å². The maximum Gasteiger partial charge on any atom is 0.244 e. The third-order valence-electron chi connectivity index (χ3n) is 3.36. The number of nitrogens with zero attached hydrogens (tertiary/aromatic N) is 3. The number of rotatable bonds is 5. The van der Waals surface area contributed by atoms with E-state index in [0.29, 0.717) is 6.54 Å². The second-order valence-electron chi connectivity index (χ2n) is 4.78. The average molecular weight is 288 g/mol. The van der Waals surface area contributed by atoms with E-state index < -0.39 is 0 Å². The molecule has 21 heavy (non-hydrogen) atoms. The fourth-order valence-electron chi connectivity index (χ4n) is 2.11. The molecular weight excluding hydrogens is 272 g/mol. The van der Waals surface area contributed by atoms with Crippen molar-refractivity contribution >= 4 is 5.91 Å². The Bertz CT molecular complexity index is 627. The minimum absolute atomic E-state index is 0.0822. The molecule has 0 saturated carbocycles. The standard InChI is InChI=1S/C14H16N4O3/c1-10(18-8-15-7-17-18)14(19)16-5-4-11-2-3-12-13(6-11)21-9-20-12/h2-3,6-8,10H,4-5,9H2,1H3,(H,16,19). The Kier molecular flexibility index (Phi) is 3.72. The van der Waals surface area contributed by atoms with E-state index in [1.165, 1.54) is 17.3 Å². The molecule has 0 bridgehead atoms. The first kappa shape index (κ1) is 13.4. The summed E-state index contributed by atoms with van der Waals surface area (Å²) in [5, 5.41) is 6.84. The fourth-order valence-corrected chi connectivity index (χ4v) is 2.11. The quantitative estimate of drug-likeness (QED) is 0.885. The van der Waals surface area contributed by atoms with Crippen LogP contribution in [0.2, 0.25) is 0 Å². The third-order valence-corrected chi connectivity index (χ3v) is 3.36. The molecule has 0 fully saturated rings. The summed E-state index contributed by atoms with van der Waals surface area (Å²) in [6.07, 6.45) is 3.67. The molecule has 7 heteroatoms. The second kappa shape index (κ2) is 5.82. The van der Waals surface area contributed by atoms with Crippen molar-refractivity contribution in [3.05, 3.63) is 36.4 Å². The molecule has 1 atom stereocenters. The van der Waals surface area contributed by atoms with Gasteiger partial charge in [-0.3, -0.25) is 4.79 Å². The van der Waals surface area contributed by atoms with Gasteiger partial charge in [-0.1, -0.05) is 6.07 Å². The van der Waals surface area contributed by atoms with Gasteiger partial charge in [0.15, 0.2) is 11.5 Å². The Morgan fingerprint density at radius 2 is 2.29 bits per heavy atom. The first-order valence-corrected chi connectivity index (χ1v) is 6.74. The van der Waals surface area contributed by atoms with Crippen LogP contribution in [0.1, 0.15) is 18.5 Å². The summed E-state index contributed by atoms with van der Waals surface area (Å²) >= 11 is 0. The molecule has 0 saturated heterocycles. The van der Waals surface area contributed by atoms with E-state index in [4.69, 9.17) is 9.47 Å². The number of aromatic nitrogens is 3. The number of nitrogens with one attached hydrogen (secondary N) is 1. The van der Waals surface area contributed by atoms with Gasteiger partial charge in [0, 0.05) is 6.54 Å². The van der Waals surface area contributed by atoms with E-state index in [1.54, 1.807) is 6.92 Å². The lowest BCUT2D eigenvalue weighted by molar-refractivity contribution is -0.124. The van der Waals surface area contributed by atoms with E-state index in [2.05, 4.69) is 15.4 Å². The van der Waals surface area contributed by atoms with Gasteiger partial charge in [0.05, 0.1) is 0 Å². The maximum absolute atomic E-state index is 12.0. The van der Waals surface area contributed by atoms with Gasteiger partial charge < -0.3 is 14.8 Å². The Balaban J connectivity index is 1.51. The van der Waals surface area contributed by atoms with Gasteiger partial charge in [0.2, 0.25) is 12.7 Å². The lowest BCUT2D eigenvalue weighted by Gasteiger charge is -2.12. The zero-order chi connectivity index (χ0) is 14.7. The Labute approximate surface area is 121 Å². The first-order valence-electron chi connectivity index (χ1n) is 6.74. The van der Waals surface area contributed by atoms with Crippen molar-refractivity contribution in [3.8, 4) is 11.5 Å². The second-order valence-corrected chi connectivity index (χ2v) is 4.78. The van der Waals surface area contributed by atoms with Crippen LogP contribution in [0.3, 0.4) is 0 Å². The minimum atomic E-state index is -0.371. The molecule has 1 aliphatic rings. The van der Waals surface area contributed by atoms with Crippen molar-refractivity contribution in [3.63, 3.8) is 0 Å². The number of benzene rings is 1. The lowest BCUT2D eigenvalue weighted by Crippen LogP contribution is -2.32. The molecule has 7 nitrogen and oxygen atoms in total. The van der Waals surface area contributed by atoms with Gasteiger partial charge in [0.25, 0.3) is 0 Å². The van der Waals surface area contributed by atoms with Crippen LogP contribution in [0.4, 0.5) is 0 Å². The van der Waals surface area contributed by atoms with Crippen molar-refractivity contribution in [2.45, 2.75) is 19.4 Å². The molecule has 0 aliphatic carbocycles. The van der Waals surface area contributed by atoms with Crippen LogP contribution in [0, 0.1) is 0 Å². The van der Waals surface area contributed by atoms with Gasteiger partial charge in [-0.15, -0.1) is 0 Å². The highest BCUT2D eigenvalue weighted by atomic mass is 16.7. The fraction of sp³-hybridized carbons (Fsp3) is 0.357. The van der Waals surface area contributed by atoms with Crippen LogP contribution in [0.5, 0.6) is 11.5 Å². The van der Waals surface area contributed by atoms with Crippen LogP contribution >= 0.6 is 0 Å². The van der Waals surface area contributed by atoms with E-state index in [1.807, 2.05) is 18.2 Å². The van der Waals surface area contributed by atoms with Crippen LogP contribution in [-0.4, -0.2) is 34.0 Å². The average Bonchev–Trinajstić information content (AvgIpc) is 3.17. The predicted molar refractivity (Wildman–Crippen MR) is 74.0 cm³/mol. The van der Waals surface area contributed by atoms with Crippen molar-refractivity contribution in [1.82, 2.24) is 20.1 Å². The number of carbonyl (C=O) groups excluding carboxylic acids is 1. The zero-order valence-corrected chi connectivity index (χ0v) is 11.7. The number of ether oxygens (including phenoxy) is 2. The highest BCUT2D eigenvalue weighted by molar-refractivity contribution is 5.79. The Morgan fingerprint density at radius 1 is 1.43 bits per heavy atom. The molecule has 1 aromatic carbocycles. The number of fused-ring (bicyclic) bond motifs is 1. The molecule has 1 unspecified atom stereocenters. The monoisotopic (exact) mass is 288 g/mol. The van der Waals surface area contributed by atoms with Crippen LogP contribution in [0.15, 0.2) is 30.9 Å². The van der Waals surface area contributed by atoms with E-state index in [0.717, 1.165) is 23.5 Å². The molecule has 110 valence electrons. The summed E-state index contributed by atoms with van der Waals surface area (Å²) in [5.41, 5.74) is 1.09. The van der Waals surface area contributed by atoms with Crippen LogP contribution < -0.4 is 14.8 Å². The highest BCUT2D eigenvalue weighted by Gasteiger charge is 2.15. The molecule has 2 aromatic rings. The molecule has 1 amide bonds. The molecule has 0 radical (unpaired) electrons. The maximum atomic E-state index is 12.0. The van der Waals surface area contributed by atoms with Crippen LogP contribution in [0.25, 0.3) is 0 Å². The van der Waals surface area contributed by atoms with Crippen LogP contribution in [-0.2, 0) is 11.2 Å². The normalized spacial score (nSPS) is 14.0. The molecule has 1 N–H and O–H groups in total. The lowest BCUT2D eigenvalue weighted by atomic mass is 10.1. The number of hydrogen-bond donors (Lipinski definition) is 1. The Morgan fingerprint density at radius 3 is 3.10 bits per heavy atom. The summed E-state index contributed by atoms with van der Waals surface area (Å²) in [6.45, 7) is 2.60. The van der Waals surface area contributed by atoms with Gasteiger partial charge in [-0.2, -0.15) is 5.10 Å². The highest BCUT2D eigenvalue weighted by Crippen LogP contribution is 2.32. The van der Waals surface area contributed by atoms with Gasteiger partial charge in [0.1, 0.15) is 18.7 Å². The number of hydrogen-bond acceptors (Lipinski definition) is 5. The van der Waals surface area contributed by atoms with E-state index in [-0.39, 0.29) is 18.7 Å². The minimum Gasteiger partial charge on any atom is -0.454 e. The van der Waals surface area contributed by atoms with Gasteiger partial charge >= 0.3 is 0 Å². The zero-order valence-electron chi connectivity index (χ0n) is 11.7. The third kappa shape index (κ3) is 2.96. The smallest absolute Gasteiger partial charge is 0.244 e. The van der Waals surface area contributed by atoms with Crippen molar-refractivity contribution in [2.75, 3.05) is 13.3 Å². The molecule has 0 spiro atoms. The van der Waals surface area contributed by atoms with Crippen molar-refractivity contribution < 1.29 is 14.3 Å². The Hall–Kier alpha value is -2.57. The van der Waals surface area contributed by atoms with Crippen molar-refractivity contribution in [1.29, 1.82) is 0 Å². The summed E-state index contributed by atoms with van der Waals surface area (Å²) in [4.78, 5) is 15.8. The SMILES string of the molecule is CC(C(=O)NCCc1ccc2c(c1)OCO2)n1cncn1. The molecule has 1 aliphatic heterocycles. The molecule has 2 heterocycles. The largest absolute Gasteiger partial charge is 0.454 e. The summed E-state index contributed by atoms with van der Waals surface area (Å²) in [7, 11) is 0. The predicted octanol–water partition coefficient (Wildman–Crippen LogP) is 0.927. The van der Waals surface area contributed by atoms with Crippen molar-refractivity contribution in [2.24, 2.45) is 0 Å². The molecule has 3 rings (SSSR count). The number of amides is 1. The topological polar surface area (TPSA) is 78.3 Å². The molecular formula is C14H16N4O3.